The Morgan fingerprint density at radius 1 is 1.18 bits per heavy atom. The van der Waals surface area contributed by atoms with Crippen molar-refractivity contribution >= 4 is 11.8 Å². The first-order valence-corrected chi connectivity index (χ1v) is 11.2. The summed E-state index contributed by atoms with van der Waals surface area (Å²) in [6.07, 6.45) is 10.4. The molecule has 9 heteroatoms. The monoisotopic (exact) mass is 451 g/mol. The Morgan fingerprint density at radius 2 is 2.00 bits per heavy atom. The molecular weight excluding hydrogens is 422 g/mol. The molecule has 0 unspecified atom stereocenters. The van der Waals surface area contributed by atoms with Crippen molar-refractivity contribution in [1.29, 1.82) is 0 Å². The lowest BCUT2D eigenvalue weighted by Gasteiger charge is -2.29. The average Bonchev–Trinajstić information content (AvgIpc) is 3.51. The smallest absolute Gasteiger partial charge is 0.287 e. The van der Waals surface area contributed by atoms with Gasteiger partial charge in [0.05, 0.1) is 18.2 Å². The van der Waals surface area contributed by atoms with Crippen LogP contribution in [0.1, 0.15) is 48.4 Å². The Hall–Kier alpha value is -3.62. The second-order valence-electron chi connectivity index (χ2n) is 8.33. The summed E-state index contributed by atoms with van der Waals surface area (Å²) in [5.74, 6) is 0.769. The molecule has 174 valence electrons. The van der Waals surface area contributed by atoms with Crippen LogP contribution in [0.3, 0.4) is 0 Å². The molecule has 3 aromatic heterocycles. The van der Waals surface area contributed by atoms with E-state index in [-0.39, 0.29) is 17.6 Å². The third-order valence-corrected chi connectivity index (χ3v) is 5.90. The number of pyridine rings is 1. The van der Waals surface area contributed by atoms with Crippen LogP contribution < -0.4 is 15.4 Å². The van der Waals surface area contributed by atoms with Crippen molar-refractivity contribution in [2.75, 3.05) is 7.05 Å². The summed E-state index contributed by atoms with van der Waals surface area (Å²) in [5.41, 5.74) is 1.40. The first kappa shape index (κ1) is 22.6. The molecule has 1 aliphatic rings. The first-order valence-electron chi connectivity index (χ1n) is 11.2. The Kier molecular flexibility index (Phi) is 7.07. The third-order valence-electron chi connectivity index (χ3n) is 5.90. The summed E-state index contributed by atoms with van der Waals surface area (Å²) in [4.78, 5) is 33.8. The number of carbonyl (C=O) groups is 2. The number of imidazole rings is 1. The van der Waals surface area contributed by atoms with Crippen LogP contribution in [-0.4, -0.2) is 39.4 Å². The maximum Gasteiger partial charge on any atom is 0.287 e. The van der Waals surface area contributed by atoms with Crippen LogP contribution in [0.2, 0.25) is 0 Å². The highest BCUT2D eigenvalue weighted by Crippen LogP contribution is 2.27. The van der Waals surface area contributed by atoms with Gasteiger partial charge in [-0.15, -0.1) is 0 Å². The van der Waals surface area contributed by atoms with E-state index < -0.39 is 11.9 Å². The Balaban J connectivity index is 1.38. The molecule has 0 spiro atoms. The minimum absolute atomic E-state index is 0.136. The second kappa shape index (κ2) is 10.3. The van der Waals surface area contributed by atoms with Crippen LogP contribution >= 0.6 is 0 Å². The number of likely N-dealkylation sites (N-methyl/N-ethyl adjacent to an activating group) is 1. The molecule has 0 aliphatic heterocycles. The van der Waals surface area contributed by atoms with Crippen LogP contribution in [0.15, 0.2) is 47.4 Å². The highest BCUT2D eigenvalue weighted by Gasteiger charge is 2.31. The van der Waals surface area contributed by atoms with Crippen molar-refractivity contribution in [2.24, 2.45) is 13.0 Å². The molecule has 2 amide bonds. The minimum atomic E-state index is -0.565. The number of hydrogen-bond acceptors (Lipinski definition) is 6. The van der Waals surface area contributed by atoms with E-state index in [1.54, 1.807) is 43.8 Å². The zero-order valence-electron chi connectivity index (χ0n) is 18.9. The van der Waals surface area contributed by atoms with Gasteiger partial charge in [-0.2, -0.15) is 0 Å². The SMILES string of the molecule is CNC(=O)[C@@H](NC(=O)c1ccc(-c2ccc(OCc3cn(C)cn3)cn2)o1)C1CCCCC1. The van der Waals surface area contributed by atoms with E-state index >= 15 is 0 Å². The summed E-state index contributed by atoms with van der Waals surface area (Å²) in [6.45, 7) is 0.348. The zero-order chi connectivity index (χ0) is 23.2. The van der Waals surface area contributed by atoms with Crippen molar-refractivity contribution in [1.82, 2.24) is 25.2 Å². The van der Waals surface area contributed by atoms with Gasteiger partial charge in [0, 0.05) is 20.3 Å². The fourth-order valence-corrected chi connectivity index (χ4v) is 4.14. The van der Waals surface area contributed by atoms with Crippen LogP contribution in [0.25, 0.3) is 11.5 Å². The number of nitrogens with zero attached hydrogens (tertiary/aromatic N) is 3. The molecule has 0 aromatic carbocycles. The quantitative estimate of drug-likeness (QED) is 0.544. The van der Waals surface area contributed by atoms with E-state index in [2.05, 4.69) is 20.6 Å². The molecule has 0 bridgehead atoms. The molecule has 1 saturated carbocycles. The maximum atomic E-state index is 12.8. The highest BCUT2D eigenvalue weighted by atomic mass is 16.5. The van der Waals surface area contributed by atoms with Gasteiger partial charge in [0.25, 0.3) is 5.91 Å². The van der Waals surface area contributed by atoms with Gasteiger partial charge in [0.15, 0.2) is 11.5 Å². The number of amides is 2. The molecular formula is C24H29N5O4. The van der Waals surface area contributed by atoms with Crippen LogP contribution in [0.5, 0.6) is 5.75 Å². The van der Waals surface area contributed by atoms with Crippen molar-refractivity contribution in [3.63, 3.8) is 0 Å². The molecule has 3 heterocycles. The van der Waals surface area contributed by atoms with E-state index in [4.69, 9.17) is 9.15 Å². The van der Waals surface area contributed by atoms with Crippen molar-refractivity contribution in [2.45, 2.75) is 44.8 Å². The summed E-state index contributed by atoms with van der Waals surface area (Å²) in [5, 5.41) is 5.54. The molecule has 33 heavy (non-hydrogen) atoms. The van der Waals surface area contributed by atoms with Gasteiger partial charge in [0.1, 0.15) is 24.1 Å². The topological polar surface area (TPSA) is 111 Å². The van der Waals surface area contributed by atoms with E-state index in [0.717, 1.165) is 31.4 Å². The summed E-state index contributed by atoms with van der Waals surface area (Å²) < 4.78 is 13.3. The van der Waals surface area contributed by atoms with Crippen molar-refractivity contribution < 1.29 is 18.7 Å². The Bertz CT molecular complexity index is 1080. The van der Waals surface area contributed by atoms with Gasteiger partial charge in [-0.1, -0.05) is 19.3 Å². The normalized spacial score (nSPS) is 15.1. The second-order valence-corrected chi connectivity index (χ2v) is 8.33. The molecule has 1 fully saturated rings. The largest absolute Gasteiger partial charge is 0.486 e. The van der Waals surface area contributed by atoms with E-state index in [1.807, 2.05) is 17.8 Å². The molecule has 0 radical (unpaired) electrons. The number of furan rings is 1. The predicted molar refractivity (Wildman–Crippen MR) is 121 cm³/mol. The van der Waals surface area contributed by atoms with Gasteiger partial charge >= 0.3 is 0 Å². The zero-order valence-corrected chi connectivity index (χ0v) is 18.9. The Labute approximate surface area is 192 Å². The van der Waals surface area contributed by atoms with Gasteiger partial charge in [-0.25, -0.2) is 9.97 Å². The standard InChI is InChI=1S/C24H29N5O4/c1-25-24(31)22(16-6-4-3-5-7-16)28-23(30)21-11-10-20(33-21)19-9-8-18(12-26-19)32-14-17-13-29(2)15-27-17/h8-13,15-16,22H,3-7,14H2,1-2H3,(H,25,31)(H,28,30)/t22-/m0/s1. The molecule has 1 aliphatic carbocycles. The predicted octanol–water partition coefficient (Wildman–Crippen LogP) is 3.08. The van der Waals surface area contributed by atoms with Crippen molar-refractivity contribution in [3.8, 4) is 17.2 Å². The van der Waals surface area contributed by atoms with Crippen molar-refractivity contribution in [3.05, 3.63) is 54.4 Å². The van der Waals surface area contributed by atoms with Gasteiger partial charge in [-0.05, 0) is 43.0 Å². The molecule has 9 nitrogen and oxygen atoms in total. The molecule has 4 rings (SSSR count). The Morgan fingerprint density at radius 3 is 2.67 bits per heavy atom. The molecule has 2 N–H and O–H groups in total. The third kappa shape index (κ3) is 5.60. The first-order chi connectivity index (χ1) is 16.0. The number of hydrogen-bond donors (Lipinski definition) is 2. The van der Waals surface area contributed by atoms with E-state index in [9.17, 15) is 9.59 Å². The number of carbonyl (C=O) groups excluding carboxylic acids is 2. The van der Waals surface area contributed by atoms with E-state index in [1.165, 1.54) is 6.42 Å². The fraction of sp³-hybridized carbons (Fsp3) is 0.417. The fourth-order valence-electron chi connectivity index (χ4n) is 4.14. The lowest BCUT2D eigenvalue weighted by Crippen LogP contribution is -2.50. The maximum absolute atomic E-state index is 12.8. The number of aryl methyl sites for hydroxylation is 1. The molecule has 3 aromatic rings. The van der Waals surface area contributed by atoms with Gasteiger partial charge in [-0.3, -0.25) is 9.59 Å². The van der Waals surface area contributed by atoms with Crippen LogP contribution in [0, 0.1) is 5.92 Å². The highest BCUT2D eigenvalue weighted by molar-refractivity contribution is 5.96. The van der Waals surface area contributed by atoms with Gasteiger partial charge in [0.2, 0.25) is 5.91 Å². The van der Waals surface area contributed by atoms with Crippen LogP contribution in [0.4, 0.5) is 0 Å². The van der Waals surface area contributed by atoms with Crippen LogP contribution in [-0.2, 0) is 18.4 Å². The average molecular weight is 452 g/mol. The molecule has 0 saturated heterocycles. The lowest BCUT2D eigenvalue weighted by molar-refractivity contribution is -0.124. The number of rotatable bonds is 8. The summed E-state index contributed by atoms with van der Waals surface area (Å²) in [7, 11) is 3.49. The number of nitrogens with one attached hydrogen (secondary N) is 2. The minimum Gasteiger partial charge on any atom is -0.486 e. The number of ether oxygens (including phenoxy) is 1. The number of aromatic nitrogens is 3. The van der Waals surface area contributed by atoms with Gasteiger partial charge < -0.3 is 24.4 Å². The summed E-state index contributed by atoms with van der Waals surface area (Å²) >= 11 is 0. The van der Waals surface area contributed by atoms with E-state index in [0.29, 0.717) is 23.8 Å². The lowest BCUT2D eigenvalue weighted by atomic mass is 9.83. The molecule has 1 atom stereocenters. The summed E-state index contributed by atoms with van der Waals surface area (Å²) in [6, 6.07) is 6.29.